The van der Waals surface area contributed by atoms with Crippen LogP contribution in [-0.2, 0) is 6.42 Å². The van der Waals surface area contributed by atoms with Crippen LogP contribution in [0.2, 0.25) is 5.15 Å². The first kappa shape index (κ1) is 13.3. The van der Waals surface area contributed by atoms with Crippen LogP contribution in [-0.4, -0.2) is 9.97 Å². The maximum atomic E-state index is 8.88. The Hall–Kier alpha value is -2.12. The summed E-state index contributed by atoms with van der Waals surface area (Å²) in [6, 6.07) is 9.32. The van der Waals surface area contributed by atoms with Crippen LogP contribution in [0.3, 0.4) is 0 Å². The van der Waals surface area contributed by atoms with Crippen molar-refractivity contribution in [1.29, 1.82) is 5.26 Å². The lowest BCUT2D eigenvalue weighted by Crippen LogP contribution is -2.03. The highest BCUT2D eigenvalue weighted by Crippen LogP contribution is 2.24. The summed E-state index contributed by atoms with van der Waals surface area (Å²) in [5.74, 6) is 1.36. The van der Waals surface area contributed by atoms with Gasteiger partial charge in [-0.25, -0.2) is 9.97 Å². The molecular formula is C14H13ClN4. The fourth-order valence-corrected chi connectivity index (χ4v) is 1.80. The lowest BCUT2D eigenvalue weighted by atomic mass is 10.2. The monoisotopic (exact) mass is 272 g/mol. The van der Waals surface area contributed by atoms with Crippen LogP contribution in [0.5, 0.6) is 0 Å². The number of nitriles is 1. The number of rotatable bonds is 3. The van der Waals surface area contributed by atoms with Gasteiger partial charge in [-0.2, -0.15) is 5.26 Å². The second-order valence-corrected chi connectivity index (χ2v) is 4.43. The summed E-state index contributed by atoms with van der Waals surface area (Å²) in [6.45, 7) is 3.83. The number of halogens is 1. The number of aryl methyl sites for hydroxylation is 1. The smallest absolute Gasteiger partial charge is 0.138 e. The molecule has 0 aliphatic carbocycles. The lowest BCUT2D eigenvalue weighted by Gasteiger charge is -2.11. The van der Waals surface area contributed by atoms with E-state index < -0.39 is 0 Å². The van der Waals surface area contributed by atoms with Crippen molar-refractivity contribution in [3.05, 3.63) is 46.4 Å². The molecule has 0 fully saturated rings. The van der Waals surface area contributed by atoms with Crippen molar-refractivity contribution in [2.45, 2.75) is 20.3 Å². The third-order valence-corrected chi connectivity index (χ3v) is 3.07. The zero-order valence-electron chi connectivity index (χ0n) is 10.7. The second-order valence-electron chi connectivity index (χ2n) is 4.08. The molecule has 1 aromatic heterocycles. The van der Waals surface area contributed by atoms with Crippen LogP contribution < -0.4 is 5.32 Å². The summed E-state index contributed by atoms with van der Waals surface area (Å²) in [5, 5.41) is 12.5. The molecule has 0 saturated carbocycles. The zero-order valence-corrected chi connectivity index (χ0v) is 11.5. The Bertz CT molecular complexity index is 646. The van der Waals surface area contributed by atoms with E-state index in [0.717, 1.165) is 11.3 Å². The Balaban J connectivity index is 2.37. The summed E-state index contributed by atoms with van der Waals surface area (Å²) in [6.07, 6.45) is 0.715. The van der Waals surface area contributed by atoms with E-state index in [9.17, 15) is 0 Å². The summed E-state index contributed by atoms with van der Waals surface area (Å²) in [7, 11) is 0. The van der Waals surface area contributed by atoms with Gasteiger partial charge in [0.1, 0.15) is 16.8 Å². The third kappa shape index (κ3) is 3.01. The molecule has 5 heteroatoms. The number of aromatic nitrogens is 2. The lowest BCUT2D eigenvalue weighted by molar-refractivity contribution is 0.934. The van der Waals surface area contributed by atoms with Crippen LogP contribution in [0.25, 0.3) is 0 Å². The average molecular weight is 273 g/mol. The predicted octanol–water partition coefficient (Wildman–Crippen LogP) is 3.62. The van der Waals surface area contributed by atoms with Crippen LogP contribution in [0, 0.1) is 18.3 Å². The molecular weight excluding hydrogens is 260 g/mol. The summed E-state index contributed by atoms with van der Waals surface area (Å²) in [4.78, 5) is 8.60. The maximum absolute atomic E-state index is 8.88. The number of benzene rings is 1. The van der Waals surface area contributed by atoms with Gasteiger partial charge in [0, 0.05) is 17.7 Å². The molecule has 0 spiro atoms. The summed E-state index contributed by atoms with van der Waals surface area (Å²) in [5.41, 5.74) is 2.19. The number of anilines is 2. The first-order chi connectivity index (χ1) is 9.13. The fourth-order valence-electron chi connectivity index (χ4n) is 1.62. The van der Waals surface area contributed by atoms with E-state index in [2.05, 4.69) is 21.4 Å². The standard InChI is InChI=1S/C14H13ClN4/c1-3-12-18-13(15)9(2)14(19-12)17-11-6-4-5-10(7-11)8-16/h4-7H,3H2,1-2H3,(H,17,18,19). The van der Waals surface area contributed by atoms with Crippen LogP contribution in [0.4, 0.5) is 11.5 Å². The zero-order chi connectivity index (χ0) is 13.8. The molecule has 96 valence electrons. The van der Waals surface area contributed by atoms with Crippen LogP contribution >= 0.6 is 11.6 Å². The topological polar surface area (TPSA) is 61.6 Å². The van der Waals surface area contributed by atoms with Gasteiger partial charge in [-0.3, -0.25) is 0 Å². The van der Waals surface area contributed by atoms with E-state index in [1.165, 1.54) is 0 Å². The third-order valence-electron chi connectivity index (χ3n) is 2.70. The minimum absolute atomic E-state index is 0.450. The first-order valence-corrected chi connectivity index (χ1v) is 6.32. The second kappa shape index (κ2) is 5.68. The predicted molar refractivity (Wildman–Crippen MR) is 75.6 cm³/mol. The van der Waals surface area contributed by atoms with Gasteiger partial charge in [0.25, 0.3) is 0 Å². The minimum atomic E-state index is 0.450. The average Bonchev–Trinajstić information content (AvgIpc) is 2.43. The van der Waals surface area contributed by atoms with Gasteiger partial charge < -0.3 is 5.32 Å². The molecule has 0 aliphatic heterocycles. The normalized spacial score (nSPS) is 10.0. The number of nitrogens with zero attached hydrogens (tertiary/aromatic N) is 3. The first-order valence-electron chi connectivity index (χ1n) is 5.94. The molecule has 2 aromatic rings. The van der Waals surface area contributed by atoms with Crippen LogP contribution in [0.1, 0.15) is 23.9 Å². The van der Waals surface area contributed by atoms with E-state index in [4.69, 9.17) is 16.9 Å². The molecule has 0 amide bonds. The molecule has 0 bridgehead atoms. The van der Waals surface area contributed by atoms with Gasteiger partial charge in [-0.05, 0) is 25.1 Å². The molecule has 1 N–H and O–H groups in total. The van der Waals surface area contributed by atoms with E-state index in [0.29, 0.717) is 28.8 Å². The van der Waals surface area contributed by atoms with Crippen molar-refractivity contribution in [1.82, 2.24) is 9.97 Å². The minimum Gasteiger partial charge on any atom is -0.340 e. The van der Waals surface area contributed by atoms with Gasteiger partial charge in [0.05, 0.1) is 11.6 Å². The Morgan fingerprint density at radius 3 is 2.84 bits per heavy atom. The molecule has 4 nitrogen and oxygen atoms in total. The van der Waals surface area contributed by atoms with Crippen molar-refractivity contribution >= 4 is 23.1 Å². The van der Waals surface area contributed by atoms with Gasteiger partial charge >= 0.3 is 0 Å². The quantitative estimate of drug-likeness (QED) is 0.867. The van der Waals surface area contributed by atoms with Crippen molar-refractivity contribution in [3.8, 4) is 6.07 Å². The maximum Gasteiger partial charge on any atom is 0.138 e. The SMILES string of the molecule is CCc1nc(Cl)c(C)c(Nc2cccc(C#N)c2)n1. The fraction of sp³-hybridized carbons (Fsp3) is 0.214. The highest BCUT2D eigenvalue weighted by Gasteiger charge is 2.09. The Labute approximate surface area is 117 Å². The largest absolute Gasteiger partial charge is 0.340 e. The van der Waals surface area contributed by atoms with Gasteiger partial charge in [-0.1, -0.05) is 24.6 Å². The Kier molecular flexibility index (Phi) is 3.98. The van der Waals surface area contributed by atoms with Gasteiger partial charge in [-0.15, -0.1) is 0 Å². The van der Waals surface area contributed by atoms with Gasteiger partial charge in [0.15, 0.2) is 0 Å². The molecule has 0 saturated heterocycles. The molecule has 1 heterocycles. The molecule has 0 radical (unpaired) electrons. The Morgan fingerprint density at radius 2 is 2.16 bits per heavy atom. The molecule has 0 aliphatic rings. The van der Waals surface area contributed by atoms with Crippen molar-refractivity contribution in [2.24, 2.45) is 0 Å². The van der Waals surface area contributed by atoms with Crippen molar-refractivity contribution < 1.29 is 0 Å². The van der Waals surface area contributed by atoms with E-state index in [1.54, 1.807) is 12.1 Å². The van der Waals surface area contributed by atoms with Crippen molar-refractivity contribution in [2.75, 3.05) is 5.32 Å². The molecule has 0 atom stereocenters. The number of hydrogen-bond donors (Lipinski definition) is 1. The highest BCUT2D eigenvalue weighted by molar-refractivity contribution is 6.30. The van der Waals surface area contributed by atoms with E-state index in [1.807, 2.05) is 26.0 Å². The van der Waals surface area contributed by atoms with E-state index in [-0.39, 0.29) is 0 Å². The van der Waals surface area contributed by atoms with E-state index >= 15 is 0 Å². The molecule has 2 rings (SSSR count). The molecule has 19 heavy (non-hydrogen) atoms. The van der Waals surface area contributed by atoms with Crippen LogP contribution in [0.15, 0.2) is 24.3 Å². The Morgan fingerprint density at radius 1 is 1.37 bits per heavy atom. The number of hydrogen-bond acceptors (Lipinski definition) is 4. The summed E-state index contributed by atoms with van der Waals surface area (Å²) < 4.78 is 0. The molecule has 1 aromatic carbocycles. The summed E-state index contributed by atoms with van der Waals surface area (Å²) >= 11 is 6.08. The molecule has 0 unspecified atom stereocenters. The highest BCUT2D eigenvalue weighted by atomic mass is 35.5. The number of nitrogens with one attached hydrogen (secondary N) is 1. The van der Waals surface area contributed by atoms with Crippen molar-refractivity contribution in [3.63, 3.8) is 0 Å². The van der Waals surface area contributed by atoms with Gasteiger partial charge in [0.2, 0.25) is 0 Å².